The van der Waals surface area contributed by atoms with Crippen LogP contribution in [0.15, 0.2) is 30.6 Å². The smallest absolute Gasteiger partial charge is 0.268 e. The van der Waals surface area contributed by atoms with Crippen molar-refractivity contribution in [3.05, 3.63) is 34.2 Å². The number of methoxy groups -OCH3 is 1. The third-order valence-electron chi connectivity index (χ3n) is 2.26. The minimum absolute atomic E-state index is 0.390. The van der Waals surface area contributed by atoms with E-state index in [0.717, 1.165) is 9.32 Å². The van der Waals surface area contributed by atoms with Crippen molar-refractivity contribution >= 4 is 28.4 Å². The molecule has 0 aliphatic heterocycles. The lowest BCUT2D eigenvalue weighted by atomic mass is 10.3. The number of halogens is 1. The molecule has 0 radical (unpaired) electrons. The van der Waals surface area contributed by atoms with Crippen molar-refractivity contribution in [3.63, 3.8) is 0 Å². The molecule has 0 atom stereocenters. The second kappa shape index (κ2) is 5.85. The van der Waals surface area contributed by atoms with Gasteiger partial charge in [0.1, 0.15) is 12.1 Å². The molecule has 1 aromatic carbocycles. The quantitative estimate of drug-likeness (QED) is 0.853. The summed E-state index contributed by atoms with van der Waals surface area (Å²) >= 11 is 2.20. The maximum Gasteiger partial charge on any atom is 0.268 e. The second-order valence-corrected chi connectivity index (χ2v) is 4.51. The molecule has 1 N–H and O–H groups in total. The molecule has 0 amide bonds. The molecule has 0 aliphatic rings. The number of rotatable bonds is 4. The van der Waals surface area contributed by atoms with Gasteiger partial charge in [-0.15, -0.1) is 0 Å². The van der Waals surface area contributed by atoms with Gasteiger partial charge >= 0.3 is 0 Å². The molecule has 2 aromatic rings. The first-order valence-corrected chi connectivity index (χ1v) is 6.33. The largest absolute Gasteiger partial charge is 0.489 e. The Balaban J connectivity index is 2.37. The Labute approximate surface area is 119 Å². The van der Waals surface area contributed by atoms with Crippen LogP contribution in [0.2, 0.25) is 0 Å². The summed E-state index contributed by atoms with van der Waals surface area (Å²) in [4.78, 5) is 8.16. The van der Waals surface area contributed by atoms with Gasteiger partial charge in [0.25, 0.3) is 5.88 Å². The van der Waals surface area contributed by atoms with Gasteiger partial charge < -0.3 is 14.8 Å². The standard InChI is InChI=1S/C12H12IN3O2/c1-14-11-10(17-2)12(16-7-15-11)18-9-6-4-3-5-8(9)13/h3-7H,1-2H3,(H,14,15,16). The minimum Gasteiger partial charge on any atom is -0.489 e. The Morgan fingerprint density at radius 2 is 2.00 bits per heavy atom. The molecule has 0 unspecified atom stereocenters. The highest BCUT2D eigenvalue weighted by Gasteiger charge is 2.14. The summed E-state index contributed by atoms with van der Waals surface area (Å²) in [5, 5.41) is 2.93. The molecule has 1 heterocycles. The summed E-state index contributed by atoms with van der Waals surface area (Å²) < 4.78 is 12.0. The van der Waals surface area contributed by atoms with Gasteiger partial charge in [0.05, 0.1) is 10.7 Å². The average Bonchev–Trinajstić information content (AvgIpc) is 2.41. The molecular weight excluding hydrogens is 345 g/mol. The zero-order valence-electron chi connectivity index (χ0n) is 9.98. The average molecular weight is 357 g/mol. The van der Waals surface area contributed by atoms with Crippen molar-refractivity contribution in [2.75, 3.05) is 19.5 Å². The Kier molecular flexibility index (Phi) is 4.19. The summed E-state index contributed by atoms with van der Waals surface area (Å²) in [6.45, 7) is 0. The van der Waals surface area contributed by atoms with Crippen LogP contribution in [0.3, 0.4) is 0 Å². The van der Waals surface area contributed by atoms with Gasteiger partial charge in [0, 0.05) is 7.05 Å². The van der Waals surface area contributed by atoms with Crippen LogP contribution in [-0.2, 0) is 0 Å². The zero-order chi connectivity index (χ0) is 13.0. The summed E-state index contributed by atoms with van der Waals surface area (Å²) in [7, 11) is 3.32. The first-order chi connectivity index (χ1) is 8.76. The topological polar surface area (TPSA) is 56.3 Å². The van der Waals surface area contributed by atoms with Crippen LogP contribution < -0.4 is 14.8 Å². The van der Waals surface area contributed by atoms with Gasteiger partial charge in [-0.05, 0) is 34.7 Å². The third-order valence-corrected chi connectivity index (χ3v) is 3.15. The summed E-state index contributed by atoms with van der Waals surface area (Å²) in [6.07, 6.45) is 1.43. The molecule has 0 spiro atoms. The van der Waals surface area contributed by atoms with E-state index in [9.17, 15) is 0 Å². The molecule has 2 rings (SSSR count). The van der Waals surface area contributed by atoms with Crippen LogP contribution in [0.5, 0.6) is 17.4 Å². The van der Waals surface area contributed by atoms with Crippen LogP contribution in [0.25, 0.3) is 0 Å². The Morgan fingerprint density at radius 3 is 2.67 bits per heavy atom. The number of benzene rings is 1. The Morgan fingerprint density at radius 1 is 1.22 bits per heavy atom. The maximum atomic E-state index is 5.75. The fourth-order valence-electron chi connectivity index (χ4n) is 1.42. The summed E-state index contributed by atoms with van der Waals surface area (Å²) in [6, 6.07) is 7.69. The minimum atomic E-state index is 0.390. The predicted octanol–water partition coefficient (Wildman–Crippen LogP) is 2.92. The van der Waals surface area contributed by atoms with Crippen molar-refractivity contribution in [1.29, 1.82) is 0 Å². The molecule has 0 saturated carbocycles. The van der Waals surface area contributed by atoms with Crippen molar-refractivity contribution in [3.8, 4) is 17.4 Å². The van der Waals surface area contributed by atoms with E-state index < -0.39 is 0 Å². The maximum absolute atomic E-state index is 5.75. The third kappa shape index (κ3) is 2.63. The lowest BCUT2D eigenvalue weighted by Gasteiger charge is -2.12. The van der Waals surface area contributed by atoms with Gasteiger partial charge in [0.2, 0.25) is 5.75 Å². The Hall–Kier alpha value is -1.57. The van der Waals surface area contributed by atoms with E-state index >= 15 is 0 Å². The number of hydrogen-bond acceptors (Lipinski definition) is 5. The summed E-state index contributed by atoms with van der Waals surface area (Å²) in [5.74, 6) is 2.20. The summed E-state index contributed by atoms with van der Waals surface area (Å²) in [5.41, 5.74) is 0. The molecule has 6 heteroatoms. The van der Waals surface area contributed by atoms with E-state index in [1.807, 2.05) is 24.3 Å². The van der Waals surface area contributed by atoms with Crippen LogP contribution in [0.1, 0.15) is 0 Å². The van der Waals surface area contributed by atoms with Crippen LogP contribution in [-0.4, -0.2) is 24.1 Å². The number of para-hydroxylation sites is 1. The van der Waals surface area contributed by atoms with Crippen molar-refractivity contribution in [1.82, 2.24) is 9.97 Å². The second-order valence-electron chi connectivity index (χ2n) is 3.34. The molecule has 0 fully saturated rings. The van der Waals surface area contributed by atoms with Gasteiger partial charge in [-0.3, -0.25) is 0 Å². The molecule has 0 bridgehead atoms. The molecule has 94 valence electrons. The van der Waals surface area contributed by atoms with E-state index in [1.54, 1.807) is 14.2 Å². The normalized spacial score (nSPS) is 9.94. The van der Waals surface area contributed by atoms with Gasteiger partial charge in [-0.1, -0.05) is 12.1 Å². The van der Waals surface area contributed by atoms with E-state index in [0.29, 0.717) is 17.4 Å². The lowest BCUT2D eigenvalue weighted by Crippen LogP contribution is -2.01. The van der Waals surface area contributed by atoms with E-state index in [1.165, 1.54) is 6.33 Å². The first-order valence-electron chi connectivity index (χ1n) is 5.25. The number of anilines is 1. The highest BCUT2D eigenvalue weighted by molar-refractivity contribution is 14.1. The van der Waals surface area contributed by atoms with Crippen molar-refractivity contribution < 1.29 is 9.47 Å². The molecule has 1 aromatic heterocycles. The highest BCUT2D eigenvalue weighted by atomic mass is 127. The predicted molar refractivity (Wildman–Crippen MR) is 77.4 cm³/mol. The molecule has 5 nitrogen and oxygen atoms in total. The number of aromatic nitrogens is 2. The van der Waals surface area contributed by atoms with Crippen LogP contribution in [0.4, 0.5) is 5.82 Å². The van der Waals surface area contributed by atoms with Gasteiger partial charge in [-0.25, -0.2) is 4.98 Å². The zero-order valence-corrected chi connectivity index (χ0v) is 12.1. The fraction of sp³-hybridized carbons (Fsp3) is 0.167. The number of ether oxygens (including phenoxy) is 2. The van der Waals surface area contributed by atoms with Crippen LogP contribution in [0, 0.1) is 3.57 Å². The first kappa shape index (κ1) is 12.9. The molecular formula is C12H12IN3O2. The molecule has 18 heavy (non-hydrogen) atoms. The molecule has 0 aliphatic carbocycles. The monoisotopic (exact) mass is 357 g/mol. The molecule has 0 saturated heterocycles. The SMILES string of the molecule is CNc1ncnc(Oc2ccccc2I)c1OC. The van der Waals surface area contributed by atoms with E-state index in [-0.39, 0.29) is 0 Å². The van der Waals surface area contributed by atoms with Crippen molar-refractivity contribution in [2.24, 2.45) is 0 Å². The highest BCUT2D eigenvalue weighted by Crippen LogP contribution is 2.35. The van der Waals surface area contributed by atoms with Crippen LogP contribution >= 0.6 is 22.6 Å². The van der Waals surface area contributed by atoms with Gasteiger partial charge in [0.15, 0.2) is 5.82 Å². The fourth-order valence-corrected chi connectivity index (χ4v) is 1.92. The van der Waals surface area contributed by atoms with E-state index in [4.69, 9.17) is 9.47 Å². The van der Waals surface area contributed by atoms with Gasteiger partial charge in [-0.2, -0.15) is 4.98 Å². The number of nitrogens with zero attached hydrogens (tertiary/aromatic N) is 2. The van der Waals surface area contributed by atoms with E-state index in [2.05, 4.69) is 37.9 Å². The number of nitrogens with one attached hydrogen (secondary N) is 1. The number of hydrogen-bond donors (Lipinski definition) is 1. The lowest BCUT2D eigenvalue weighted by molar-refractivity contribution is 0.368. The van der Waals surface area contributed by atoms with Crippen molar-refractivity contribution in [2.45, 2.75) is 0 Å². The Bertz CT molecular complexity index is 549.